The highest BCUT2D eigenvalue weighted by Gasteiger charge is 1.96. The van der Waals surface area contributed by atoms with Crippen LogP contribution in [0.25, 0.3) is 0 Å². The normalized spacial score (nSPS) is 10.5. The molecule has 0 unspecified atom stereocenters. The monoisotopic (exact) mass is 202 g/mol. The molecule has 2 aromatic rings. The van der Waals surface area contributed by atoms with Crippen LogP contribution in [-0.4, -0.2) is 14.5 Å². The van der Waals surface area contributed by atoms with E-state index in [0.29, 0.717) is 0 Å². The van der Waals surface area contributed by atoms with Crippen molar-refractivity contribution in [3.05, 3.63) is 48.3 Å². The number of aromatic nitrogens is 3. The van der Waals surface area contributed by atoms with E-state index < -0.39 is 0 Å². The fourth-order valence-corrected chi connectivity index (χ4v) is 1.38. The third-order valence-corrected chi connectivity index (χ3v) is 2.10. The molecule has 0 atom stereocenters. The third-order valence-electron chi connectivity index (χ3n) is 2.10. The maximum absolute atomic E-state index is 4.23. The molecule has 0 radical (unpaired) electrons. The lowest BCUT2D eigenvalue weighted by molar-refractivity contribution is 0.669. The highest BCUT2D eigenvalue weighted by molar-refractivity contribution is 5.03. The molecule has 0 saturated carbocycles. The molecule has 2 aromatic heterocycles. The first-order valence-electron chi connectivity index (χ1n) is 4.92. The Balaban J connectivity index is 1.80. The zero-order valence-corrected chi connectivity index (χ0v) is 8.72. The molecular weight excluding hydrogens is 188 g/mol. The van der Waals surface area contributed by atoms with Crippen molar-refractivity contribution < 1.29 is 0 Å². The molecule has 0 aromatic carbocycles. The van der Waals surface area contributed by atoms with E-state index in [4.69, 9.17) is 0 Å². The Labute approximate surface area is 89.0 Å². The third kappa shape index (κ3) is 2.89. The predicted molar refractivity (Wildman–Crippen MR) is 58.0 cm³/mol. The quantitative estimate of drug-likeness (QED) is 0.807. The smallest absolute Gasteiger partial charge is 0.0947 e. The van der Waals surface area contributed by atoms with Crippen molar-refractivity contribution in [2.24, 2.45) is 7.05 Å². The molecule has 15 heavy (non-hydrogen) atoms. The van der Waals surface area contributed by atoms with E-state index in [2.05, 4.69) is 15.3 Å². The number of pyridine rings is 1. The highest BCUT2D eigenvalue weighted by Crippen LogP contribution is 1.95. The van der Waals surface area contributed by atoms with Gasteiger partial charge in [-0.05, 0) is 12.1 Å². The molecule has 0 saturated heterocycles. The summed E-state index contributed by atoms with van der Waals surface area (Å²) < 4.78 is 1.94. The van der Waals surface area contributed by atoms with Crippen molar-refractivity contribution in [1.82, 2.24) is 19.9 Å². The summed E-state index contributed by atoms with van der Waals surface area (Å²) in [7, 11) is 1.97. The molecule has 1 N–H and O–H groups in total. The van der Waals surface area contributed by atoms with Crippen molar-refractivity contribution in [2.75, 3.05) is 0 Å². The minimum absolute atomic E-state index is 0.775. The van der Waals surface area contributed by atoms with Gasteiger partial charge in [-0.2, -0.15) is 0 Å². The number of nitrogens with one attached hydrogen (secondary N) is 1. The van der Waals surface area contributed by atoms with E-state index in [1.165, 1.54) is 0 Å². The minimum Gasteiger partial charge on any atom is -0.340 e. The molecule has 0 aliphatic carbocycles. The molecule has 4 nitrogen and oxygen atoms in total. The van der Waals surface area contributed by atoms with E-state index in [1.807, 2.05) is 36.0 Å². The van der Waals surface area contributed by atoms with Gasteiger partial charge in [0, 0.05) is 32.5 Å². The lowest BCUT2D eigenvalue weighted by atomic mass is 10.3. The second-order valence-electron chi connectivity index (χ2n) is 3.46. The van der Waals surface area contributed by atoms with Gasteiger partial charge in [0.1, 0.15) is 0 Å². The fourth-order valence-electron chi connectivity index (χ4n) is 1.38. The Morgan fingerprint density at radius 2 is 2.07 bits per heavy atom. The van der Waals surface area contributed by atoms with Gasteiger partial charge in [0.25, 0.3) is 0 Å². The van der Waals surface area contributed by atoms with E-state index in [-0.39, 0.29) is 0 Å². The Bertz CT molecular complexity index is 408. The average Bonchev–Trinajstić information content (AvgIpc) is 2.66. The van der Waals surface area contributed by atoms with Crippen LogP contribution in [0.4, 0.5) is 0 Å². The van der Waals surface area contributed by atoms with Crippen molar-refractivity contribution in [1.29, 1.82) is 0 Å². The van der Waals surface area contributed by atoms with Crippen LogP contribution in [0.3, 0.4) is 0 Å². The molecule has 0 fully saturated rings. The van der Waals surface area contributed by atoms with E-state index in [9.17, 15) is 0 Å². The molecule has 78 valence electrons. The molecule has 0 aliphatic heterocycles. The molecule has 0 aliphatic rings. The second-order valence-corrected chi connectivity index (χ2v) is 3.46. The number of imidazole rings is 1. The number of nitrogens with zero attached hydrogens (tertiary/aromatic N) is 3. The number of rotatable bonds is 4. The average molecular weight is 202 g/mol. The van der Waals surface area contributed by atoms with Gasteiger partial charge in [0.2, 0.25) is 0 Å². The summed E-state index contributed by atoms with van der Waals surface area (Å²) in [5.41, 5.74) is 2.10. The standard InChI is InChI=1S/C11H14N4/c1-15-8-11(14-9-15)7-12-6-10-4-2-3-5-13-10/h2-5,8-9,12H,6-7H2,1H3. The first-order chi connectivity index (χ1) is 7.34. The molecular formula is C11H14N4. The molecule has 4 heteroatoms. The molecule has 0 spiro atoms. The first-order valence-corrected chi connectivity index (χ1v) is 4.92. The summed E-state index contributed by atoms with van der Waals surface area (Å²) >= 11 is 0. The lowest BCUT2D eigenvalue weighted by Gasteiger charge is -2.01. The van der Waals surface area contributed by atoms with Crippen molar-refractivity contribution >= 4 is 0 Å². The summed E-state index contributed by atoms with van der Waals surface area (Å²) in [6.07, 6.45) is 5.61. The Morgan fingerprint density at radius 3 is 2.73 bits per heavy atom. The van der Waals surface area contributed by atoms with Gasteiger partial charge < -0.3 is 9.88 Å². The van der Waals surface area contributed by atoms with Crippen LogP contribution >= 0.6 is 0 Å². The van der Waals surface area contributed by atoms with Gasteiger partial charge in [-0.1, -0.05) is 6.07 Å². The summed E-state index contributed by atoms with van der Waals surface area (Å²) in [5, 5.41) is 3.29. The van der Waals surface area contributed by atoms with Gasteiger partial charge >= 0.3 is 0 Å². The van der Waals surface area contributed by atoms with Crippen molar-refractivity contribution in [3.63, 3.8) is 0 Å². The molecule has 2 rings (SSSR count). The first kappa shape index (κ1) is 9.86. The minimum atomic E-state index is 0.775. The van der Waals surface area contributed by atoms with Crippen LogP contribution in [0, 0.1) is 0 Å². The maximum atomic E-state index is 4.23. The number of hydrogen-bond donors (Lipinski definition) is 1. The SMILES string of the molecule is Cn1cnc(CNCc2ccccn2)c1. The van der Waals surface area contributed by atoms with Gasteiger partial charge in [-0.3, -0.25) is 4.98 Å². The largest absolute Gasteiger partial charge is 0.340 e. The van der Waals surface area contributed by atoms with Gasteiger partial charge in [0.05, 0.1) is 17.7 Å². The van der Waals surface area contributed by atoms with Crippen LogP contribution in [0.2, 0.25) is 0 Å². The van der Waals surface area contributed by atoms with Crippen LogP contribution in [-0.2, 0) is 20.1 Å². The summed E-state index contributed by atoms with van der Waals surface area (Å²) in [6, 6.07) is 5.92. The van der Waals surface area contributed by atoms with Crippen LogP contribution in [0.1, 0.15) is 11.4 Å². The van der Waals surface area contributed by atoms with Gasteiger partial charge in [0.15, 0.2) is 0 Å². The topological polar surface area (TPSA) is 42.7 Å². The van der Waals surface area contributed by atoms with E-state index in [0.717, 1.165) is 24.5 Å². The number of aryl methyl sites for hydroxylation is 1. The predicted octanol–water partition coefficient (Wildman–Crippen LogP) is 1.10. The van der Waals surface area contributed by atoms with Crippen LogP contribution in [0.5, 0.6) is 0 Å². The Kier molecular flexibility index (Phi) is 3.09. The molecule has 2 heterocycles. The van der Waals surface area contributed by atoms with Crippen molar-refractivity contribution in [2.45, 2.75) is 13.1 Å². The summed E-state index contributed by atoms with van der Waals surface area (Å²) in [6.45, 7) is 1.55. The Morgan fingerprint density at radius 1 is 1.20 bits per heavy atom. The van der Waals surface area contributed by atoms with Crippen LogP contribution in [0.15, 0.2) is 36.9 Å². The van der Waals surface area contributed by atoms with Crippen LogP contribution < -0.4 is 5.32 Å². The maximum Gasteiger partial charge on any atom is 0.0947 e. The van der Waals surface area contributed by atoms with Gasteiger partial charge in [-0.15, -0.1) is 0 Å². The summed E-state index contributed by atoms with van der Waals surface area (Å²) in [5.74, 6) is 0. The van der Waals surface area contributed by atoms with E-state index >= 15 is 0 Å². The fraction of sp³-hybridized carbons (Fsp3) is 0.273. The Hall–Kier alpha value is -1.68. The second kappa shape index (κ2) is 4.70. The van der Waals surface area contributed by atoms with E-state index in [1.54, 1.807) is 12.5 Å². The zero-order chi connectivity index (χ0) is 10.5. The van der Waals surface area contributed by atoms with Crippen molar-refractivity contribution in [3.8, 4) is 0 Å². The number of hydrogen-bond acceptors (Lipinski definition) is 3. The zero-order valence-electron chi connectivity index (χ0n) is 8.72. The summed E-state index contributed by atoms with van der Waals surface area (Å²) in [4.78, 5) is 8.45. The highest BCUT2D eigenvalue weighted by atomic mass is 15.0. The van der Waals surface area contributed by atoms with Gasteiger partial charge in [-0.25, -0.2) is 4.98 Å². The molecule has 0 bridgehead atoms. The lowest BCUT2D eigenvalue weighted by Crippen LogP contribution is -2.13. The molecule has 0 amide bonds.